The van der Waals surface area contributed by atoms with Crippen LogP contribution in [0.2, 0.25) is 0 Å². The lowest BCUT2D eigenvalue weighted by Crippen LogP contribution is -2.50. The lowest BCUT2D eigenvalue weighted by Gasteiger charge is -2.20. The number of urea groups is 1. The summed E-state index contributed by atoms with van der Waals surface area (Å²) in [5.41, 5.74) is 0. The van der Waals surface area contributed by atoms with Gasteiger partial charge in [-0.1, -0.05) is 13.3 Å². The fourth-order valence-corrected chi connectivity index (χ4v) is 2.43. The van der Waals surface area contributed by atoms with E-state index in [1.165, 1.54) is 25.7 Å². The molecule has 0 unspecified atom stereocenters. The molecule has 0 spiro atoms. The minimum absolute atomic E-state index is 0.265. The number of carboxylic acids is 1. The van der Waals surface area contributed by atoms with Crippen molar-refractivity contribution in [3.8, 4) is 0 Å². The summed E-state index contributed by atoms with van der Waals surface area (Å²) in [6.07, 6.45) is 5.99. The van der Waals surface area contributed by atoms with Crippen LogP contribution in [0.5, 0.6) is 0 Å². The number of hydrogen-bond donors (Lipinski definition) is 3. The van der Waals surface area contributed by atoms with Crippen molar-refractivity contribution in [2.75, 3.05) is 0 Å². The third-order valence-electron chi connectivity index (χ3n) is 3.74. The van der Waals surface area contributed by atoms with Crippen LogP contribution < -0.4 is 10.6 Å². The van der Waals surface area contributed by atoms with Gasteiger partial charge in [-0.2, -0.15) is 0 Å². The third kappa shape index (κ3) is 3.62. The average molecular weight is 254 g/mol. The van der Waals surface area contributed by atoms with E-state index in [2.05, 4.69) is 10.6 Å². The van der Waals surface area contributed by atoms with Crippen molar-refractivity contribution < 1.29 is 14.7 Å². The fraction of sp³-hybridized carbons (Fsp3) is 0.846. The van der Waals surface area contributed by atoms with E-state index < -0.39 is 12.0 Å². The predicted octanol–water partition coefficient (Wildman–Crippen LogP) is 1.73. The molecule has 0 aromatic heterocycles. The Kier molecular flexibility index (Phi) is 4.09. The molecule has 3 N–H and O–H groups in total. The molecule has 0 saturated heterocycles. The second-order valence-corrected chi connectivity index (χ2v) is 5.50. The van der Waals surface area contributed by atoms with Gasteiger partial charge in [0.15, 0.2) is 0 Å². The Morgan fingerprint density at radius 3 is 2.11 bits per heavy atom. The van der Waals surface area contributed by atoms with Gasteiger partial charge >= 0.3 is 12.0 Å². The van der Waals surface area contributed by atoms with E-state index in [0.717, 1.165) is 6.42 Å². The van der Waals surface area contributed by atoms with Crippen molar-refractivity contribution in [2.24, 2.45) is 11.8 Å². The Hall–Kier alpha value is -1.26. The Bertz CT molecular complexity index is 312. The molecule has 2 rings (SSSR count). The van der Waals surface area contributed by atoms with Gasteiger partial charge in [0.25, 0.3) is 0 Å². The molecule has 1 atom stereocenters. The zero-order chi connectivity index (χ0) is 13.1. The summed E-state index contributed by atoms with van der Waals surface area (Å²) in [6.45, 7) is 1.91. The summed E-state index contributed by atoms with van der Waals surface area (Å²) < 4.78 is 0. The van der Waals surface area contributed by atoms with Crippen LogP contribution in [0, 0.1) is 11.8 Å². The Labute approximate surface area is 107 Å². The van der Waals surface area contributed by atoms with Crippen LogP contribution in [0.1, 0.15) is 45.4 Å². The van der Waals surface area contributed by atoms with Gasteiger partial charge in [-0.25, -0.2) is 9.59 Å². The van der Waals surface area contributed by atoms with Crippen molar-refractivity contribution in [3.63, 3.8) is 0 Å². The molecular formula is C13H22N2O3. The maximum Gasteiger partial charge on any atom is 0.326 e. The summed E-state index contributed by atoms with van der Waals surface area (Å²) in [7, 11) is 0. The van der Waals surface area contributed by atoms with Crippen LogP contribution in [-0.4, -0.2) is 29.2 Å². The van der Waals surface area contributed by atoms with Gasteiger partial charge in [0.2, 0.25) is 0 Å². The fourth-order valence-electron chi connectivity index (χ4n) is 2.43. The van der Waals surface area contributed by atoms with E-state index in [9.17, 15) is 9.59 Å². The zero-order valence-electron chi connectivity index (χ0n) is 10.8. The highest BCUT2D eigenvalue weighted by atomic mass is 16.4. The first kappa shape index (κ1) is 13.2. The van der Waals surface area contributed by atoms with Crippen LogP contribution in [0.15, 0.2) is 0 Å². The van der Waals surface area contributed by atoms with Gasteiger partial charge in [0, 0.05) is 6.04 Å². The van der Waals surface area contributed by atoms with Gasteiger partial charge in [0.05, 0.1) is 0 Å². The third-order valence-corrected chi connectivity index (χ3v) is 3.74. The quantitative estimate of drug-likeness (QED) is 0.647. The van der Waals surface area contributed by atoms with Gasteiger partial charge in [-0.15, -0.1) is 0 Å². The van der Waals surface area contributed by atoms with Crippen LogP contribution in [0.3, 0.4) is 0 Å². The molecule has 0 aliphatic heterocycles. The Morgan fingerprint density at radius 1 is 1.17 bits per heavy atom. The highest BCUT2D eigenvalue weighted by Gasteiger charge is 2.42. The van der Waals surface area contributed by atoms with Crippen LogP contribution in [0.4, 0.5) is 4.79 Å². The summed E-state index contributed by atoms with van der Waals surface area (Å²) in [6, 6.07) is -0.824. The van der Waals surface area contributed by atoms with E-state index in [-0.39, 0.29) is 12.1 Å². The van der Waals surface area contributed by atoms with Gasteiger partial charge < -0.3 is 15.7 Å². The second kappa shape index (κ2) is 5.59. The molecule has 2 fully saturated rings. The number of aliphatic carboxylic acids is 1. The molecule has 0 aromatic carbocycles. The molecule has 2 aliphatic rings. The molecule has 2 aliphatic carbocycles. The molecule has 0 aromatic rings. The van der Waals surface area contributed by atoms with E-state index in [0.29, 0.717) is 18.3 Å². The predicted molar refractivity (Wildman–Crippen MR) is 67.2 cm³/mol. The number of carbonyl (C=O) groups is 2. The lowest BCUT2D eigenvalue weighted by molar-refractivity contribution is -0.139. The summed E-state index contributed by atoms with van der Waals surface area (Å²) >= 11 is 0. The second-order valence-electron chi connectivity index (χ2n) is 5.50. The smallest absolute Gasteiger partial charge is 0.326 e. The first-order chi connectivity index (χ1) is 8.61. The zero-order valence-corrected chi connectivity index (χ0v) is 10.8. The average Bonchev–Trinajstić information content (AvgIpc) is 3.16. The number of hydrogen-bond acceptors (Lipinski definition) is 2. The van der Waals surface area contributed by atoms with E-state index in [1.807, 2.05) is 6.92 Å². The van der Waals surface area contributed by atoms with Crippen molar-refractivity contribution in [1.29, 1.82) is 0 Å². The molecule has 2 saturated carbocycles. The lowest BCUT2D eigenvalue weighted by atomic mass is 10.1. The Balaban J connectivity index is 1.80. The molecule has 5 nitrogen and oxygen atoms in total. The molecule has 0 radical (unpaired) electrons. The van der Waals surface area contributed by atoms with Crippen molar-refractivity contribution in [3.05, 3.63) is 0 Å². The van der Waals surface area contributed by atoms with E-state index >= 15 is 0 Å². The SMILES string of the molecule is CCC[C@@H](NC(=O)NC(C1CC1)C1CC1)C(=O)O. The van der Waals surface area contributed by atoms with Gasteiger partial charge in [0.1, 0.15) is 6.04 Å². The van der Waals surface area contributed by atoms with Crippen LogP contribution in [0.25, 0.3) is 0 Å². The first-order valence-electron chi connectivity index (χ1n) is 6.91. The highest BCUT2D eigenvalue weighted by molar-refractivity contribution is 5.82. The molecule has 5 heteroatoms. The van der Waals surface area contributed by atoms with Crippen molar-refractivity contribution in [1.82, 2.24) is 10.6 Å². The topological polar surface area (TPSA) is 78.4 Å². The molecule has 2 amide bonds. The van der Waals surface area contributed by atoms with Gasteiger partial charge in [-0.3, -0.25) is 0 Å². The van der Waals surface area contributed by atoms with E-state index in [1.54, 1.807) is 0 Å². The standard InChI is InChI=1S/C13H22N2O3/c1-2-3-10(12(16)17)14-13(18)15-11(8-4-5-8)9-6-7-9/h8-11H,2-7H2,1H3,(H,16,17)(H2,14,15,18)/t10-/m1/s1. The van der Waals surface area contributed by atoms with E-state index in [4.69, 9.17) is 5.11 Å². The first-order valence-corrected chi connectivity index (χ1v) is 6.91. The number of amides is 2. The van der Waals surface area contributed by atoms with Crippen molar-refractivity contribution in [2.45, 2.75) is 57.5 Å². The normalized spacial score (nSPS) is 20.6. The van der Waals surface area contributed by atoms with Crippen molar-refractivity contribution >= 4 is 12.0 Å². The number of carbonyl (C=O) groups excluding carboxylic acids is 1. The molecule has 0 heterocycles. The maximum absolute atomic E-state index is 11.8. The number of rotatable bonds is 7. The van der Waals surface area contributed by atoms with Crippen LogP contribution in [-0.2, 0) is 4.79 Å². The molecule has 102 valence electrons. The molecular weight excluding hydrogens is 232 g/mol. The summed E-state index contributed by atoms with van der Waals surface area (Å²) in [4.78, 5) is 22.8. The largest absolute Gasteiger partial charge is 0.480 e. The Morgan fingerprint density at radius 2 is 1.72 bits per heavy atom. The maximum atomic E-state index is 11.8. The number of carboxylic acid groups (broad SMARTS) is 1. The van der Waals surface area contributed by atoms with Crippen LogP contribution >= 0.6 is 0 Å². The minimum Gasteiger partial charge on any atom is -0.480 e. The monoisotopic (exact) mass is 254 g/mol. The minimum atomic E-state index is -0.957. The summed E-state index contributed by atoms with van der Waals surface area (Å²) in [5, 5.41) is 14.5. The summed E-state index contributed by atoms with van der Waals surface area (Å²) in [5.74, 6) is 0.289. The molecule has 18 heavy (non-hydrogen) atoms. The highest BCUT2D eigenvalue weighted by Crippen LogP contribution is 2.44. The van der Waals surface area contributed by atoms with Gasteiger partial charge in [-0.05, 0) is 43.9 Å². The molecule has 0 bridgehead atoms. The number of nitrogens with one attached hydrogen (secondary N) is 2.